The highest BCUT2D eigenvalue weighted by molar-refractivity contribution is 5.79. The molecule has 0 aromatic heterocycles. The summed E-state index contributed by atoms with van der Waals surface area (Å²) < 4.78 is 0. The Bertz CT molecular complexity index is 609. The minimum atomic E-state index is 0.657. The number of nitriles is 1. The lowest BCUT2D eigenvalue weighted by Crippen LogP contribution is -1.86. The Kier molecular flexibility index (Phi) is 3.02. The van der Waals surface area contributed by atoms with Gasteiger partial charge in [-0.15, -0.1) is 0 Å². The molecule has 0 bridgehead atoms. The molecule has 0 aliphatic heterocycles. The number of nitrogens with zero attached hydrogens (tertiary/aromatic N) is 1. The van der Waals surface area contributed by atoms with Crippen LogP contribution in [0.3, 0.4) is 0 Å². The van der Waals surface area contributed by atoms with E-state index in [1.165, 1.54) is 0 Å². The van der Waals surface area contributed by atoms with E-state index in [0.29, 0.717) is 11.1 Å². The second-order valence-corrected chi connectivity index (χ2v) is 3.88. The van der Waals surface area contributed by atoms with Gasteiger partial charge in [-0.3, -0.25) is 4.79 Å². The lowest BCUT2D eigenvalue weighted by molar-refractivity contribution is 0.112. The number of rotatable bonds is 2. The third-order valence-corrected chi connectivity index (χ3v) is 2.70. The Balaban J connectivity index is 2.50. The maximum atomic E-state index is 10.7. The van der Waals surface area contributed by atoms with E-state index in [1.54, 1.807) is 12.1 Å². The Morgan fingerprint density at radius 2 is 1.88 bits per heavy atom. The van der Waals surface area contributed by atoms with Gasteiger partial charge in [0, 0.05) is 5.56 Å². The van der Waals surface area contributed by atoms with Gasteiger partial charge in [0.05, 0.1) is 11.6 Å². The molecule has 0 aliphatic rings. The van der Waals surface area contributed by atoms with Crippen LogP contribution < -0.4 is 0 Å². The van der Waals surface area contributed by atoms with Crippen LogP contribution in [0.1, 0.15) is 21.5 Å². The number of carbonyl (C=O) groups excluding carboxylic acids is 1. The molecule has 0 heterocycles. The first-order valence-electron chi connectivity index (χ1n) is 5.31. The fourth-order valence-corrected chi connectivity index (χ4v) is 1.76. The molecule has 0 saturated heterocycles. The van der Waals surface area contributed by atoms with Crippen molar-refractivity contribution in [2.75, 3.05) is 0 Å². The number of benzene rings is 2. The number of aryl methyl sites for hydroxylation is 1. The molecule has 0 spiro atoms. The topological polar surface area (TPSA) is 40.9 Å². The van der Waals surface area contributed by atoms with Gasteiger partial charge in [0.1, 0.15) is 6.29 Å². The Labute approximate surface area is 100 Å². The Morgan fingerprint density at radius 3 is 2.53 bits per heavy atom. The zero-order valence-corrected chi connectivity index (χ0v) is 9.47. The van der Waals surface area contributed by atoms with Crippen LogP contribution >= 0.6 is 0 Å². The molecule has 0 amide bonds. The van der Waals surface area contributed by atoms with Gasteiger partial charge in [0.2, 0.25) is 0 Å². The predicted molar refractivity (Wildman–Crippen MR) is 66.7 cm³/mol. The second-order valence-electron chi connectivity index (χ2n) is 3.88. The van der Waals surface area contributed by atoms with Crippen molar-refractivity contribution in [3.8, 4) is 17.2 Å². The molecule has 2 aromatic rings. The molecule has 82 valence electrons. The molecular formula is C15H11NO. The van der Waals surface area contributed by atoms with Crippen molar-refractivity contribution in [2.24, 2.45) is 0 Å². The van der Waals surface area contributed by atoms with Crippen LogP contribution in [0.2, 0.25) is 0 Å². The monoisotopic (exact) mass is 221 g/mol. The van der Waals surface area contributed by atoms with E-state index in [2.05, 4.69) is 6.07 Å². The van der Waals surface area contributed by atoms with Crippen LogP contribution in [0, 0.1) is 18.3 Å². The molecule has 2 aromatic carbocycles. The summed E-state index contributed by atoms with van der Waals surface area (Å²) in [6, 6.07) is 15.2. The van der Waals surface area contributed by atoms with Crippen LogP contribution in [-0.4, -0.2) is 6.29 Å². The maximum absolute atomic E-state index is 10.7. The highest BCUT2D eigenvalue weighted by Gasteiger charge is 2.02. The number of hydrogen-bond acceptors (Lipinski definition) is 2. The first-order valence-corrected chi connectivity index (χ1v) is 5.31. The van der Waals surface area contributed by atoms with Gasteiger partial charge in [-0.05, 0) is 35.7 Å². The summed E-state index contributed by atoms with van der Waals surface area (Å²) in [4.78, 5) is 10.7. The predicted octanol–water partition coefficient (Wildman–Crippen LogP) is 3.35. The van der Waals surface area contributed by atoms with E-state index in [1.807, 2.05) is 37.3 Å². The number of carbonyl (C=O) groups is 1. The van der Waals surface area contributed by atoms with E-state index in [9.17, 15) is 4.79 Å². The summed E-state index contributed by atoms with van der Waals surface area (Å²) in [7, 11) is 0. The third kappa shape index (κ3) is 2.24. The number of hydrogen-bond donors (Lipinski definition) is 0. The summed E-state index contributed by atoms with van der Waals surface area (Å²) >= 11 is 0. The summed E-state index contributed by atoms with van der Waals surface area (Å²) in [6.07, 6.45) is 0.833. The maximum Gasteiger partial charge on any atom is 0.150 e. The van der Waals surface area contributed by atoms with Crippen molar-refractivity contribution in [3.63, 3.8) is 0 Å². The van der Waals surface area contributed by atoms with E-state index >= 15 is 0 Å². The fraction of sp³-hybridized carbons (Fsp3) is 0.0667. The molecule has 2 rings (SSSR count). The lowest BCUT2D eigenvalue weighted by Gasteiger charge is -2.04. The Morgan fingerprint density at radius 1 is 1.12 bits per heavy atom. The largest absolute Gasteiger partial charge is 0.298 e. The highest BCUT2D eigenvalue weighted by atomic mass is 16.1. The SMILES string of the molecule is Cc1cc(-c2cccc(C=O)c2)ccc1C#N. The lowest BCUT2D eigenvalue weighted by atomic mass is 9.99. The molecule has 0 saturated carbocycles. The summed E-state index contributed by atoms with van der Waals surface area (Å²) in [6.45, 7) is 1.91. The van der Waals surface area contributed by atoms with Gasteiger partial charge < -0.3 is 0 Å². The molecule has 0 unspecified atom stereocenters. The average molecular weight is 221 g/mol. The molecular weight excluding hydrogens is 210 g/mol. The highest BCUT2D eigenvalue weighted by Crippen LogP contribution is 2.22. The van der Waals surface area contributed by atoms with Gasteiger partial charge in [0.25, 0.3) is 0 Å². The summed E-state index contributed by atoms with van der Waals surface area (Å²) in [5.41, 5.74) is 4.29. The minimum absolute atomic E-state index is 0.657. The third-order valence-electron chi connectivity index (χ3n) is 2.70. The quantitative estimate of drug-likeness (QED) is 0.730. The zero-order chi connectivity index (χ0) is 12.3. The molecule has 2 heteroatoms. The van der Waals surface area contributed by atoms with E-state index in [-0.39, 0.29) is 0 Å². The van der Waals surface area contributed by atoms with Crippen molar-refractivity contribution in [1.29, 1.82) is 5.26 Å². The molecule has 17 heavy (non-hydrogen) atoms. The van der Waals surface area contributed by atoms with Crippen molar-refractivity contribution in [1.82, 2.24) is 0 Å². The average Bonchev–Trinajstić information content (AvgIpc) is 2.38. The smallest absolute Gasteiger partial charge is 0.150 e. The van der Waals surface area contributed by atoms with Crippen molar-refractivity contribution in [3.05, 3.63) is 59.2 Å². The van der Waals surface area contributed by atoms with Crippen LogP contribution in [0.5, 0.6) is 0 Å². The normalized spacial score (nSPS) is 9.65. The van der Waals surface area contributed by atoms with Crippen molar-refractivity contribution >= 4 is 6.29 Å². The van der Waals surface area contributed by atoms with Gasteiger partial charge in [-0.2, -0.15) is 5.26 Å². The molecule has 0 atom stereocenters. The Hall–Kier alpha value is -2.40. The first kappa shape index (κ1) is 11.1. The number of aldehydes is 1. The van der Waals surface area contributed by atoms with Gasteiger partial charge in [-0.25, -0.2) is 0 Å². The molecule has 0 N–H and O–H groups in total. The molecule has 0 aliphatic carbocycles. The molecule has 0 radical (unpaired) electrons. The van der Waals surface area contributed by atoms with E-state index in [0.717, 1.165) is 23.0 Å². The van der Waals surface area contributed by atoms with Crippen LogP contribution in [-0.2, 0) is 0 Å². The fourth-order valence-electron chi connectivity index (χ4n) is 1.76. The first-order chi connectivity index (χ1) is 8.24. The van der Waals surface area contributed by atoms with Gasteiger partial charge >= 0.3 is 0 Å². The zero-order valence-electron chi connectivity index (χ0n) is 9.47. The second kappa shape index (κ2) is 4.63. The molecule has 2 nitrogen and oxygen atoms in total. The van der Waals surface area contributed by atoms with Crippen LogP contribution in [0.15, 0.2) is 42.5 Å². The van der Waals surface area contributed by atoms with Crippen LogP contribution in [0.25, 0.3) is 11.1 Å². The van der Waals surface area contributed by atoms with E-state index in [4.69, 9.17) is 5.26 Å². The van der Waals surface area contributed by atoms with E-state index < -0.39 is 0 Å². The summed E-state index contributed by atoms with van der Waals surface area (Å²) in [5.74, 6) is 0. The minimum Gasteiger partial charge on any atom is -0.298 e. The van der Waals surface area contributed by atoms with Crippen molar-refractivity contribution < 1.29 is 4.79 Å². The van der Waals surface area contributed by atoms with Gasteiger partial charge in [-0.1, -0.05) is 30.3 Å². The standard InChI is InChI=1S/C15H11NO/c1-11-7-14(5-6-15(11)9-16)13-4-2-3-12(8-13)10-17/h2-8,10H,1H3. The summed E-state index contributed by atoms with van der Waals surface area (Å²) in [5, 5.41) is 8.87. The van der Waals surface area contributed by atoms with Crippen LogP contribution in [0.4, 0.5) is 0 Å². The van der Waals surface area contributed by atoms with Gasteiger partial charge in [0.15, 0.2) is 0 Å². The molecule has 0 fully saturated rings. The van der Waals surface area contributed by atoms with Crippen molar-refractivity contribution in [2.45, 2.75) is 6.92 Å².